The van der Waals surface area contributed by atoms with Crippen molar-refractivity contribution in [2.75, 3.05) is 32.0 Å². The van der Waals surface area contributed by atoms with Crippen molar-refractivity contribution in [3.8, 4) is 11.5 Å². The van der Waals surface area contributed by atoms with Crippen LogP contribution < -0.4 is 14.2 Å². The topological polar surface area (TPSA) is 84.9 Å². The first-order valence-corrected chi connectivity index (χ1v) is 12.3. The first kappa shape index (κ1) is 24.5. The molecule has 0 spiro atoms. The number of halogens is 2. The van der Waals surface area contributed by atoms with E-state index < -0.39 is 10.0 Å². The van der Waals surface area contributed by atoms with Crippen LogP contribution >= 0.6 is 23.2 Å². The highest BCUT2D eigenvalue weighted by atomic mass is 35.5. The molecule has 1 fully saturated rings. The number of nitrogens with zero attached hydrogens (tertiary/aromatic N) is 1. The lowest BCUT2D eigenvalue weighted by Gasteiger charge is -2.35. The smallest absolute Gasteiger partial charge is 0.262 e. The molecule has 2 aromatic rings. The Labute approximate surface area is 198 Å². The molecule has 0 bridgehead atoms. The van der Waals surface area contributed by atoms with Gasteiger partial charge in [-0.25, -0.2) is 8.42 Å². The predicted octanol–water partition coefficient (Wildman–Crippen LogP) is 4.93. The molecular weight excluding hydrogens is 475 g/mol. The van der Waals surface area contributed by atoms with E-state index in [1.54, 1.807) is 4.90 Å². The molecular formula is C22H26Cl2N2O5S. The summed E-state index contributed by atoms with van der Waals surface area (Å²) in [5, 5.41) is 0.413. The summed E-state index contributed by atoms with van der Waals surface area (Å²) < 4.78 is 39.0. The van der Waals surface area contributed by atoms with E-state index in [1.807, 2.05) is 0 Å². The molecule has 1 aliphatic heterocycles. The number of amides is 1. The van der Waals surface area contributed by atoms with Crippen molar-refractivity contribution in [2.24, 2.45) is 11.8 Å². The van der Waals surface area contributed by atoms with Gasteiger partial charge >= 0.3 is 0 Å². The number of nitrogens with one attached hydrogen (secondary N) is 1. The number of carbonyl (C=O) groups is 1. The summed E-state index contributed by atoms with van der Waals surface area (Å²) in [4.78, 5) is 14.8. The number of hydrogen-bond acceptors (Lipinski definition) is 5. The molecule has 10 heteroatoms. The number of benzene rings is 2. The van der Waals surface area contributed by atoms with Gasteiger partial charge in [-0.1, -0.05) is 37.0 Å². The maximum atomic E-state index is 13.1. The number of piperidine rings is 1. The van der Waals surface area contributed by atoms with E-state index in [4.69, 9.17) is 32.7 Å². The van der Waals surface area contributed by atoms with Gasteiger partial charge in [-0.15, -0.1) is 0 Å². The van der Waals surface area contributed by atoms with Crippen molar-refractivity contribution < 1.29 is 22.7 Å². The van der Waals surface area contributed by atoms with Crippen molar-refractivity contribution in [1.82, 2.24) is 4.90 Å². The standard InChI is InChI=1S/C22H26Cl2N2O5S/c1-13-7-14(2)12-26(11-13)22(27)16-8-15(5-6-17(16)23)32(28,29)25-19-9-18(24)20(30-3)10-21(19)31-4/h5-6,8-10,13-14,25H,7,11-12H2,1-4H3/t13-,14+. The molecule has 1 aliphatic rings. The van der Waals surface area contributed by atoms with E-state index in [9.17, 15) is 13.2 Å². The highest BCUT2D eigenvalue weighted by Crippen LogP contribution is 2.37. The van der Waals surface area contributed by atoms with Crippen LogP contribution in [-0.2, 0) is 10.0 Å². The maximum absolute atomic E-state index is 13.1. The average molecular weight is 501 g/mol. The lowest BCUT2D eigenvalue weighted by Crippen LogP contribution is -2.42. The SMILES string of the molecule is COc1cc(OC)c(NS(=O)(=O)c2ccc(Cl)c(C(=O)N3C[C@H](C)C[C@H](C)C3)c2)cc1Cl. The Bertz CT molecular complexity index is 1110. The van der Waals surface area contributed by atoms with Gasteiger partial charge in [0, 0.05) is 19.2 Å². The second-order valence-corrected chi connectivity index (χ2v) is 10.6. The fraction of sp³-hybridized carbons (Fsp3) is 0.409. The molecule has 174 valence electrons. The van der Waals surface area contributed by atoms with Gasteiger partial charge in [0.15, 0.2) is 0 Å². The van der Waals surface area contributed by atoms with Gasteiger partial charge in [-0.05, 0) is 42.5 Å². The summed E-state index contributed by atoms with van der Waals surface area (Å²) in [7, 11) is -1.22. The van der Waals surface area contributed by atoms with Crippen LogP contribution in [0.1, 0.15) is 30.6 Å². The molecule has 0 aliphatic carbocycles. The maximum Gasteiger partial charge on any atom is 0.262 e. The Hall–Kier alpha value is -2.16. The quantitative estimate of drug-likeness (QED) is 0.607. The van der Waals surface area contributed by atoms with Crippen molar-refractivity contribution >= 4 is 44.8 Å². The molecule has 32 heavy (non-hydrogen) atoms. The number of carbonyl (C=O) groups excluding carboxylic acids is 1. The molecule has 7 nitrogen and oxygen atoms in total. The van der Waals surface area contributed by atoms with Gasteiger partial charge in [-0.3, -0.25) is 9.52 Å². The minimum Gasteiger partial charge on any atom is -0.495 e. The molecule has 2 atom stereocenters. The van der Waals surface area contributed by atoms with E-state index in [2.05, 4.69) is 18.6 Å². The summed E-state index contributed by atoms with van der Waals surface area (Å²) in [5.41, 5.74) is 0.287. The van der Waals surface area contributed by atoms with Crippen LogP contribution in [-0.4, -0.2) is 46.5 Å². The van der Waals surface area contributed by atoms with Crippen molar-refractivity contribution in [2.45, 2.75) is 25.2 Å². The Morgan fingerprint density at radius 2 is 1.62 bits per heavy atom. The molecule has 0 unspecified atom stereocenters. The van der Waals surface area contributed by atoms with E-state index >= 15 is 0 Å². The number of sulfonamides is 1. The molecule has 2 aromatic carbocycles. The molecule has 3 rings (SSSR count). The molecule has 1 heterocycles. The summed E-state index contributed by atoms with van der Waals surface area (Å²) in [6.45, 7) is 5.40. The Morgan fingerprint density at radius 1 is 1.00 bits per heavy atom. The second kappa shape index (κ2) is 9.77. The summed E-state index contributed by atoms with van der Waals surface area (Å²) >= 11 is 12.4. The average Bonchev–Trinajstić information content (AvgIpc) is 2.72. The van der Waals surface area contributed by atoms with Gasteiger partial charge < -0.3 is 14.4 Å². The zero-order valence-corrected chi connectivity index (χ0v) is 20.6. The third-order valence-corrected chi connectivity index (χ3v) is 7.34. The van der Waals surface area contributed by atoms with E-state index in [1.165, 1.54) is 44.6 Å². The minimum absolute atomic E-state index is 0.0997. The molecule has 0 radical (unpaired) electrons. The molecule has 1 saturated heterocycles. The van der Waals surface area contributed by atoms with E-state index in [0.29, 0.717) is 30.7 Å². The largest absolute Gasteiger partial charge is 0.495 e. The third kappa shape index (κ3) is 5.24. The van der Waals surface area contributed by atoms with Crippen LogP contribution in [0.15, 0.2) is 35.2 Å². The highest BCUT2D eigenvalue weighted by Gasteiger charge is 2.28. The zero-order chi connectivity index (χ0) is 23.6. The number of hydrogen-bond donors (Lipinski definition) is 1. The van der Waals surface area contributed by atoms with E-state index in [0.717, 1.165) is 6.42 Å². The van der Waals surface area contributed by atoms with Gasteiger partial charge in [0.25, 0.3) is 15.9 Å². The highest BCUT2D eigenvalue weighted by molar-refractivity contribution is 7.92. The second-order valence-electron chi connectivity index (χ2n) is 8.09. The molecule has 0 saturated carbocycles. The van der Waals surface area contributed by atoms with Crippen LogP contribution in [0.25, 0.3) is 0 Å². The van der Waals surface area contributed by atoms with Gasteiger partial charge in [0.1, 0.15) is 11.5 Å². The molecule has 0 aromatic heterocycles. The van der Waals surface area contributed by atoms with Crippen LogP contribution in [0.3, 0.4) is 0 Å². The Kier molecular flexibility index (Phi) is 7.47. The number of rotatable bonds is 6. The lowest BCUT2D eigenvalue weighted by atomic mass is 9.91. The van der Waals surface area contributed by atoms with Gasteiger partial charge in [0.05, 0.1) is 40.4 Å². The Morgan fingerprint density at radius 3 is 2.22 bits per heavy atom. The van der Waals surface area contributed by atoms with Gasteiger partial charge in [-0.2, -0.15) is 0 Å². The summed E-state index contributed by atoms with van der Waals surface area (Å²) in [6.07, 6.45) is 1.04. The first-order chi connectivity index (χ1) is 15.1. The van der Waals surface area contributed by atoms with Crippen molar-refractivity contribution in [3.63, 3.8) is 0 Å². The van der Waals surface area contributed by atoms with Crippen LogP contribution in [0.2, 0.25) is 10.0 Å². The minimum atomic E-state index is -4.07. The Balaban J connectivity index is 1.93. The number of ether oxygens (including phenoxy) is 2. The first-order valence-electron chi connectivity index (χ1n) is 10.1. The van der Waals surface area contributed by atoms with Crippen LogP contribution in [0.5, 0.6) is 11.5 Å². The van der Waals surface area contributed by atoms with E-state index in [-0.39, 0.29) is 37.8 Å². The fourth-order valence-electron chi connectivity index (χ4n) is 3.98. The number of likely N-dealkylation sites (tertiary alicyclic amines) is 1. The molecule has 1 amide bonds. The van der Waals surface area contributed by atoms with Gasteiger partial charge in [0.2, 0.25) is 0 Å². The number of anilines is 1. The predicted molar refractivity (Wildman–Crippen MR) is 126 cm³/mol. The molecule has 1 N–H and O–H groups in total. The third-order valence-electron chi connectivity index (χ3n) is 5.35. The van der Waals surface area contributed by atoms with Crippen LogP contribution in [0.4, 0.5) is 5.69 Å². The van der Waals surface area contributed by atoms with Crippen molar-refractivity contribution in [1.29, 1.82) is 0 Å². The van der Waals surface area contributed by atoms with Crippen LogP contribution in [0, 0.1) is 11.8 Å². The fourth-order valence-corrected chi connectivity index (χ4v) is 5.50. The lowest BCUT2D eigenvalue weighted by molar-refractivity contribution is 0.0623. The normalized spacial score (nSPS) is 18.9. The summed E-state index contributed by atoms with van der Waals surface area (Å²) in [5.74, 6) is 1.02. The number of methoxy groups -OCH3 is 2. The zero-order valence-electron chi connectivity index (χ0n) is 18.3. The monoisotopic (exact) mass is 500 g/mol. The van der Waals surface area contributed by atoms with Crippen molar-refractivity contribution in [3.05, 3.63) is 45.9 Å². The summed E-state index contributed by atoms with van der Waals surface area (Å²) in [6, 6.07) is 6.94.